The molecule has 5 nitrogen and oxygen atoms in total. The molecule has 0 fully saturated rings. The zero-order valence-electron chi connectivity index (χ0n) is 15.5. The first-order valence-electron chi connectivity index (χ1n) is 9.22. The number of carbonyl (C=O) groups is 1. The van der Waals surface area contributed by atoms with Gasteiger partial charge in [0.1, 0.15) is 5.82 Å². The lowest BCUT2D eigenvalue weighted by Crippen LogP contribution is -2.32. The zero-order chi connectivity index (χ0) is 20.2. The Balaban J connectivity index is 1.48. The van der Waals surface area contributed by atoms with Gasteiger partial charge in [-0.3, -0.25) is 9.59 Å². The van der Waals surface area contributed by atoms with Crippen molar-refractivity contribution >= 4 is 16.7 Å². The van der Waals surface area contributed by atoms with Gasteiger partial charge in [0.05, 0.1) is 12.2 Å². The third kappa shape index (κ3) is 4.06. The van der Waals surface area contributed by atoms with Gasteiger partial charge in [0.15, 0.2) is 0 Å². The first-order valence-corrected chi connectivity index (χ1v) is 9.22. The van der Waals surface area contributed by atoms with Crippen LogP contribution in [0.1, 0.15) is 10.4 Å². The van der Waals surface area contributed by atoms with Crippen LogP contribution in [0.3, 0.4) is 0 Å². The monoisotopic (exact) mass is 387 g/mol. The van der Waals surface area contributed by atoms with Gasteiger partial charge in [-0.15, -0.1) is 0 Å². The number of nitrogens with zero attached hydrogens (tertiary/aromatic N) is 2. The number of carbonyl (C=O) groups excluding carboxylic acids is 1. The summed E-state index contributed by atoms with van der Waals surface area (Å²) in [5.41, 5.74) is 1.59. The molecule has 0 saturated heterocycles. The SMILES string of the molecule is O=C(NCCn1nc(-c2ccc(F)cc2)ccc1=O)c1cccc2ccccc12. The summed E-state index contributed by atoms with van der Waals surface area (Å²) in [5, 5.41) is 9.03. The molecule has 1 N–H and O–H groups in total. The van der Waals surface area contributed by atoms with Crippen molar-refractivity contribution in [3.8, 4) is 11.3 Å². The molecular formula is C23H18FN3O2. The van der Waals surface area contributed by atoms with E-state index in [-0.39, 0.29) is 30.4 Å². The van der Waals surface area contributed by atoms with Crippen LogP contribution in [0.5, 0.6) is 0 Å². The van der Waals surface area contributed by atoms with Gasteiger partial charge < -0.3 is 5.32 Å². The lowest BCUT2D eigenvalue weighted by molar-refractivity contribution is 0.0953. The van der Waals surface area contributed by atoms with E-state index < -0.39 is 0 Å². The largest absolute Gasteiger partial charge is 0.350 e. The lowest BCUT2D eigenvalue weighted by Gasteiger charge is -2.10. The van der Waals surface area contributed by atoms with Crippen LogP contribution < -0.4 is 10.9 Å². The Labute approximate surface area is 166 Å². The maximum Gasteiger partial charge on any atom is 0.266 e. The van der Waals surface area contributed by atoms with E-state index in [2.05, 4.69) is 10.4 Å². The van der Waals surface area contributed by atoms with Gasteiger partial charge in [-0.05, 0) is 47.2 Å². The number of benzene rings is 3. The van der Waals surface area contributed by atoms with Crippen LogP contribution in [0.4, 0.5) is 4.39 Å². The summed E-state index contributed by atoms with van der Waals surface area (Å²) < 4.78 is 14.4. The first-order chi connectivity index (χ1) is 14.1. The number of hydrogen-bond acceptors (Lipinski definition) is 3. The van der Waals surface area contributed by atoms with Crippen molar-refractivity contribution in [2.75, 3.05) is 6.54 Å². The van der Waals surface area contributed by atoms with E-state index in [1.54, 1.807) is 24.3 Å². The van der Waals surface area contributed by atoms with Crippen LogP contribution in [-0.4, -0.2) is 22.2 Å². The molecule has 29 heavy (non-hydrogen) atoms. The minimum atomic E-state index is -0.335. The highest BCUT2D eigenvalue weighted by Crippen LogP contribution is 2.18. The summed E-state index contributed by atoms with van der Waals surface area (Å²) >= 11 is 0. The summed E-state index contributed by atoms with van der Waals surface area (Å²) in [4.78, 5) is 24.7. The Kier molecular flexibility index (Phi) is 5.16. The van der Waals surface area contributed by atoms with Gasteiger partial charge >= 0.3 is 0 Å². The van der Waals surface area contributed by atoms with Crippen LogP contribution in [0, 0.1) is 5.82 Å². The van der Waals surface area contributed by atoms with Crippen LogP contribution >= 0.6 is 0 Å². The molecule has 0 atom stereocenters. The van der Waals surface area contributed by atoms with Crippen LogP contribution in [0.2, 0.25) is 0 Å². The van der Waals surface area contributed by atoms with Crippen LogP contribution in [0.15, 0.2) is 83.7 Å². The second-order valence-electron chi connectivity index (χ2n) is 6.57. The minimum absolute atomic E-state index is 0.204. The molecule has 144 valence electrons. The number of rotatable bonds is 5. The molecule has 0 aliphatic carbocycles. The molecule has 0 bridgehead atoms. The molecule has 0 aliphatic rings. The molecule has 0 unspecified atom stereocenters. The highest BCUT2D eigenvalue weighted by atomic mass is 19.1. The Hall–Kier alpha value is -3.80. The molecule has 1 aromatic heterocycles. The number of aromatic nitrogens is 2. The smallest absolute Gasteiger partial charge is 0.266 e. The van der Waals surface area contributed by atoms with Gasteiger partial charge in [0.25, 0.3) is 11.5 Å². The van der Waals surface area contributed by atoms with E-state index in [0.29, 0.717) is 16.8 Å². The van der Waals surface area contributed by atoms with Crippen molar-refractivity contribution in [2.24, 2.45) is 0 Å². The Morgan fingerprint density at radius 2 is 1.69 bits per heavy atom. The fourth-order valence-electron chi connectivity index (χ4n) is 3.18. The number of halogens is 1. The van der Waals surface area contributed by atoms with Gasteiger partial charge in [0.2, 0.25) is 0 Å². The molecule has 0 saturated carbocycles. The Morgan fingerprint density at radius 3 is 2.52 bits per heavy atom. The molecule has 0 aliphatic heterocycles. The van der Waals surface area contributed by atoms with E-state index in [0.717, 1.165) is 10.8 Å². The third-order valence-corrected chi connectivity index (χ3v) is 4.65. The van der Waals surface area contributed by atoms with Crippen molar-refractivity contribution in [2.45, 2.75) is 6.54 Å². The van der Waals surface area contributed by atoms with Crippen molar-refractivity contribution in [3.05, 3.63) is 101 Å². The van der Waals surface area contributed by atoms with Gasteiger partial charge in [-0.2, -0.15) is 5.10 Å². The average molecular weight is 387 g/mol. The molecule has 3 aromatic carbocycles. The number of nitrogens with one attached hydrogen (secondary N) is 1. The van der Waals surface area contributed by atoms with Crippen molar-refractivity contribution in [1.82, 2.24) is 15.1 Å². The van der Waals surface area contributed by atoms with Gasteiger partial charge in [-0.25, -0.2) is 9.07 Å². The highest BCUT2D eigenvalue weighted by molar-refractivity contribution is 6.06. The van der Waals surface area contributed by atoms with Crippen molar-refractivity contribution in [1.29, 1.82) is 0 Å². The maximum atomic E-state index is 13.1. The second kappa shape index (κ2) is 8.06. The van der Waals surface area contributed by atoms with Gasteiger partial charge in [-0.1, -0.05) is 36.4 Å². The first kappa shape index (κ1) is 18.6. The predicted octanol–water partition coefficient (Wildman–Crippen LogP) is 3.63. The molecule has 6 heteroatoms. The molecule has 4 aromatic rings. The summed E-state index contributed by atoms with van der Waals surface area (Å²) in [5.74, 6) is -0.539. The number of hydrogen-bond donors (Lipinski definition) is 1. The topological polar surface area (TPSA) is 64.0 Å². The maximum absolute atomic E-state index is 13.1. The number of fused-ring (bicyclic) bond motifs is 1. The van der Waals surface area contributed by atoms with E-state index in [1.165, 1.54) is 22.9 Å². The third-order valence-electron chi connectivity index (χ3n) is 4.65. The second-order valence-corrected chi connectivity index (χ2v) is 6.57. The van der Waals surface area contributed by atoms with E-state index >= 15 is 0 Å². The van der Waals surface area contributed by atoms with Gasteiger partial charge in [0, 0.05) is 23.7 Å². The lowest BCUT2D eigenvalue weighted by atomic mass is 10.0. The summed E-state index contributed by atoms with van der Waals surface area (Å²) in [7, 11) is 0. The predicted molar refractivity (Wildman–Crippen MR) is 110 cm³/mol. The molecule has 0 spiro atoms. The summed E-state index contributed by atoms with van der Waals surface area (Å²) in [6, 6.07) is 22.2. The van der Waals surface area contributed by atoms with E-state index in [9.17, 15) is 14.0 Å². The Morgan fingerprint density at radius 1 is 0.931 bits per heavy atom. The molecule has 1 amide bonds. The quantitative estimate of drug-likeness (QED) is 0.569. The van der Waals surface area contributed by atoms with E-state index in [4.69, 9.17) is 0 Å². The van der Waals surface area contributed by atoms with Crippen molar-refractivity contribution < 1.29 is 9.18 Å². The highest BCUT2D eigenvalue weighted by Gasteiger charge is 2.10. The standard InChI is InChI=1S/C23H18FN3O2/c24-18-10-8-17(9-11-18)21-12-13-22(28)27(26-21)15-14-25-23(29)20-7-3-5-16-4-1-2-6-19(16)20/h1-13H,14-15H2,(H,25,29). The fourth-order valence-corrected chi connectivity index (χ4v) is 3.18. The normalized spacial score (nSPS) is 10.8. The van der Waals surface area contributed by atoms with Crippen LogP contribution in [0.25, 0.3) is 22.0 Å². The zero-order valence-corrected chi connectivity index (χ0v) is 15.5. The summed E-state index contributed by atoms with van der Waals surface area (Å²) in [6.45, 7) is 0.478. The van der Waals surface area contributed by atoms with E-state index in [1.807, 2.05) is 36.4 Å². The Bertz CT molecular complexity index is 1230. The molecular weight excluding hydrogens is 369 g/mol. The van der Waals surface area contributed by atoms with Crippen LogP contribution in [-0.2, 0) is 6.54 Å². The molecule has 0 radical (unpaired) electrons. The number of amides is 1. The molecule has 1 heterocycles. The summed E-state index contributed by atoms with van der Waals surface area (Å²) in [6.07, 6.45) is 0. The fraction of sp³-hybridized carbons (Fsp3) is 0.0870. The molecule has 4 rings (SSSR count). The van der Waals surface area contributed by atoms with Crippen molar-refractivity contribution in [3.63, 3.8) is 0 Å². The minimum Gasteiger partial charge on any atom is -0.350 e. The average Bonchev–Trinajstić information content (AvgIpc) is 2.75.